The summed E-state index contributed by atoms with van der Waals surface area (Å²) in [5.74, 6) is 3.07. The van der Waals surface area contributed by atoms with E-state index in [1.807, 2.05) is 72.8 Å². The number of benzene rings is 4. The van der Waals surface area contributed by atoms with Gasteiger partial charge in [-0.3, -0.25) is 4.57 Å². The largest absolute Gasteiger partial charge is 0.453 e. The number of hydrogen-bond donors (Lipinski definition) is 0. The molecule has 34 heavy (non-hydrogen) atoms. The summed E-state index contributed by atoms with van der Waals surface area (Å²) in [4.78, 5) is 4.43. The summed E-state index contributed by atoms with van der Waals surface area (Å²) in [6.07, 6.45) is 0. The number of fused-ring (bicyclic) bond motifs is 4. The van der Waals surface area contributed by atoms with Crippen molar-refractivity contribution in [1.29, 1.82) is 0 Å². The lowest BCUT2D eigenvalue weighted by atomic mass is 10.1. The van der Waals surface area contributed by atoms with Gasteiger partial charge in [0.2, 0.25) is 0 Å². The highest BCUT2D eigenvalue weighted by Crippen LogP contribution is 2.48. The molecule has 169 valence electrons. The maximum Gasteiger partial charge on any atom is 0.152 e. The van der Waals surface area contributed by atoms with Gasteiger partial charge in [0.1, 0.15) is 7.80 Å². The van der Waals surface area contributed by atoms with Crippen molar-refractivity contribution in [3.63, 3.8) is 0 Å². The highest BCUT2D eigenvalue weighted by Gasteiger charge is 2.26. The van der Waals surface area contributed by atoms with Gasteiger partial charge >= 0.3 is 0 Å². The molecule has 6 heteroatoms. The minimum Gasteiger partial charge on any atom is -0.453 e. The second kappa shape index (κ2) is 8.19. The highest BCUT2D eigenvalue weighted by molar-refractivity contribution is 7.61. The third kappa shape index (κ3) is 3.24. The van der Waals surface area contributed by atoms with E-state index in [1.165, 1.54) is 0 Å². The Kier molecular flexibility index (Phi) is 5.00. The van der Waals surface area contributed by atoms with E-state index in [9.17, 15) is 4.57 Å². The van der Waals surface area contributed by atoms with E-state index < -0.39 is 7.80 Å². The number of rotatable bonds is 4. The number of ether oxygens (including phenoxy) is 2. The Morgan fingerprint density at radius 3 is 1.44 bits per heavy atom. The van der Waals surface area contributed by atoms with Gasteiger partial charge in [-0.05, 0) is 74.5 Å². The van der Waals surface area contributed by atoms with Crippen LogP contribution in [0.2, 0.25) is 0 Å². The maximum atomic E-state index is 13.6. The summed E-state index contributed by atoms with van der Waals surface area (Å²) < 4.78 is 26.0. The smallest absolute Gasteiger partial charge is 0.152 e. The molecule has 2 aliphatic heterocycles. The van der Waals surface area contributed by atoms with Gasteiger partial charge in [0.05, 0.1) is 22.7 Å². The molecule has 1 radical (unpaired) electrons. The van der Waals surface area contributed by atoms with Crippen LogP contribution in [-0.4, -0.2) is 13.1 Å². The quantitative estimate of drug-likeness (QED) is 0.303. The molecular formula is C28H24N2O3P. The van der Waals surface area contributed by atoms with Gasteiger partial charge in [0.25, 0.3) is 0 Å². The molecule has 2 heterocycles. The van der Waals surface area contributed by atoms with Crippen molar-refractivity contribution in [2.75, 3.05) is 22.9 Å². The van der Waals surface area contributed by atoms with Crippen LogP contribution in [0.15, 0.2) is 84.9 Å². The third-order valence-electron chi connectivity index (χ3n) is 6.32. The summed E-state index contributed by atoms with van der Waals surface area (Å²) >= 11 is 0. The van der Waals surface area contributed by atoms with Crippen molar-refractivity contribution in [1.82, 2.24) is 0 Å². The zero-order chi connectivity index (χ0) is 23.2. The highest BCUT2D eigenvalue weighted by atomic mass is 31.1. The van der Waals surface area contributed by atoms with Crippen LogP contribution in [0.4, 0.5) is 22.7 Å². The summed E-state index contributed by atoms with van der Waals surface area (Å²) in [6.45, 7) is 5.86. The molecule has 6 rings (SSSR count). The first-order valence-electron chi connectivity index (χ1n) is 11.5. The van der Waals surface area contributed by atoms with E-state index in [2.05, 4.69) is 35.8 Å². The first-order chi connectivity index (χ1) is 16.7. The van der Waals surface area contributed by atoms with Gasteiger partial charge in [-0.25, -0.2) is 0 Å². The lowest BCUT2D eigenvalue weighted by Gasteiger charge is -2.32. The Morgan fingerprint density at radius 2 is 1.00 bits per heavy atom. The molecule has 4 aromatic rings. The molecule has 0 spiro atoms. The number of para-hydroxylation sites is 4. The lowest BCUT2D eigenvalue weighted by Crippen LogP contribution is -2.22. The Labute approximate surface area is 200 Å². The van der Waals surface area contributed by atoms with Crippen LogP contribution in [0.5, 0.6) is 23.0 Å². The van der Waals surface area contributed by atoms with Crippen LogP contribution in [0.3, 0.4) is 0 Å². The fourth-order valence-electron chi connectivity index (χ4n) is 4.73. The van der Waals surface area contributed by atoms with E-state index in [-0.39, 0.29) is 0 Å². The van der Waals surface area contributed by atoms with Crippen LogP contribution in [0.25, 0.3) is 0 Å². The zero-order valence-electron chi connectivity index (χ0n) is 19.1. The second-order valence-corrected chi connectivity index (χ2v) is 9.85. The van der Waals surface area contributed by atoms with Gasteiger partial charge in [0.15, 0.2) is 23.0 Å². The van der Waals surface area contributed by atoms with Gasteiger partial charge in [-0.2, -0.15) is 0 Å². The average molecular weight is 467 g/mol. The fraction of sp³-hybridized carbons (Fsp3) is 0.143. The summed E-state index contributed by atoms with van der Waals surface area (Å²) in [7, 11) is -1.82. The molecule has 2 aliphatic rings. The summed E-state index contributed by atoms with van der Waals surface area (Å²) in [6, 6.07) is 27.7. The molecule has 4 aromatic carbocycles. The van der Waals surface area contributed by atoms with Crippen molar-refractivity contribution in [3.05, 3.63) is 84.9 Å². The normalized spacial score (nSPS) is 13.1. The van der Waals surface area contributed by atoms with E-state index in [1.54, 1.807) is 0 Å². The SMILES string of the molecule is CCN1c2ccccc2Oc2cc([P](=O)c3ccc4c(c3)Oc3ccccc3N4CC)ccc21. The molecule has 0 N–H and O–H groups in total. The molecule has 0 saturated heterocycles. The summed E-state index contributed by atoms with van der Waals surface area (Å²) in [5, 5.41) is 1.46. The minimum atomic E-state index is -1.82. The first-order valence-corrected chi connectivity index (χ1v) is 12.8. The molecule has 0 fully saturated rings. The Morgan fingerprint density at radius 1 is 0.588 bits per heavy atom. The molecule has 0 aromatic heterocycles. The van der Waals surface area contributed by atoms with Crippen molar-refractivity contribution >= 4 is 41.2 Å². The number of nitrogens with zero attached hydrogens (tertiary/aromatic N) is 2. The zero-order valence-corrected chi connectivity index (χ0v) is 20.0. The van der Waals surface area contributed by atoms with E-state index in [0.717, 1.165) is 69.4 Å². The molecule has 0 bridgehead atoms. The molecule has 5 nitrogen and oxygen atoms in total. The van der Waals surface area contributed by atoms with E-state index >= 15 is 0 Å². The number of anilines is 4. The molecule has 0 unspecified atom stereocenters. The second-order valence-electron chi connectivity index (χ2n) is 8.23. The van der Waals surface area contributed by atoms with Crippen LogP contribution in [0, 0.1) is 0 Å². The molecular weight excluding hydrogens is 443 g/mol. The van der Waals surface area contributed by atoms with Gasteiger partial charge in [0, 0.05) is 23.7 Å². The summed E-state index contributed by atoms with van der Waals surface area (Å²) in [5.41, 5.74) is 4.05. The first kappa shape index (κ1) is 20.8. The van der Waals surface area contributed by atoms with E-state index in [4.69, 9.17) is 9.47 Å². The standard InChI is InChI=1S/C28H24N2O3P/c1-3-29-21-9-5-7-11-25(21)32-27-17-19(13-15-23(27)29)34(31)20-14-16-24-28(18-20)33-26-12-8-6-10-22(26)30(24)4-2/h5-18H,3-4H2,1-2H3. The molecule has 0 amide bonds. The van der Waals surface area contributed by atoms with Gasteiger partial charge < -0.3 is 19.3 Å². The van der Waals surface area contributed by atoms with Crippen molar-refractivity contribution in [3.8, 4) is 23.0 Å². The molecule has 0 aliphatic carbocycles. The predicted octanol–water partition coefficient (Wildman–Crippen LogP) is 6.99. The van der Waals surface area contributed by atoms with Crippen LogP contribution in [0.1, 0.15) is 13.8 Å². The fourth-order valence-corrected chi connectivity index (χ4v) is 5.91. The van der Waals surface area contributed by atoms with Crippen molar-refractivity contribution < 1.29 is 14.0 Å². The lowest BCUT2D eigenvalue weighted by molar-refractivity contribution is 0.474. The monoisotopic (exact) mass is 467 g/mol. The topological polar surface area (TPSA) is 42.0 Å². The Hall–Kier alpha value is -3.82. The third-order valence-corrected chi connectivity index (χ3v) is 7.82. The van der Waals surface area contributed by atoms with Gasteiger partial charge in [-0.15, -0.1) is 0 Å². The van der Waals surface area contributed by atoms with Crippen LogP contribution in [-0.2, 0) is 4.57 Å². The minimum absolute atomic E-state index is 0.724. The average Bonchev–Trinajstić information content (AvgIpc) is 2.89. The number of hydrogen-bond acceptors (Lipinski definition) is 5. The van der Waals surface area contributed by atoms with E-state index in [0.29, 0.717) is 0 Å². The molecule has 0 saturated carbocycles. The van der Waals surface area contributed by atoms with Gasteiger partial charge in [-0.1, -0.05) is 24.3 Å². The van der Waals surface area contributed by atoms with Crippen molar-refractivity contribution in [2.45, 2.75) is 13.8 Å². The predicted molar refractivity (Wildman–Crippen MR) is 138 cm³/mol. The maximum absolute atomic E-state index is 13.6. The molecule has 0 atom stereocenters. The Balaban J connectivity index is 1.35. The van der Waals surface area contributed by atoms with Crippen LogP contribution >= 0.6 is 7.80 Å². The van der Waals surface area contributed by atoms with Crippen LogP contribution < -0.4 is 29.9 Å². The Bertz CT molecular complexity index is 1330. The van der Waals surface area contributed by atoms with Crippen molar-refractivity contribution in [2.24, 2.45) is 0 Å².